The second kappa shape index (κ2) is 5.25. The highest BCUT2D eigenvalue weighted by Gasteiger charge is 2.22. The predicted octanol–water partition coefficient (Wildman–Crippen LogP) is 4.64. The largest absolute Gasteiger partial charge is 0.366 e. The van der Waals surface area contributed by atoms with Crippen molar-refractivity contribution in [2.24, 2.45) is 5.92 Å². The SMILES string of the molecule is Cc1cc2c(NC3CCCCC3C)nc(Cl)nc2s1. The molecule has 1 fully saturated rings. The van der Waals surface area contributed by atoms with Crippen LogP contribution in [0, 0.1) is 12.8 Å². The van der Waals surface area contributed by atoms with Crippen molar-refractivity contribution >= 4 is 39.0 Å². The van der Waals surface area contributed by atoms with Crippen LogP contribution >= 0.6 is 22.9 Å². The van der Waals surface area contributed by atoms with Crippen molar-refractivity contribution in [1.82, 2.24) is 9.97 Å². The van der Waals surface area contributed by atoms with Crippen LogP contribution in [-0.2, 0) is 0 Å². The van der Waals surface area contributed by atoms with E-state index in [-0.39, 0.29) is 0 Å². The van der Waals surface area contributed by atoms with Crippen LogP contribution in [-0.4, -0.2) is 16.0 Å². The summed E-state index contributed by atoms with van der Waals surface area (Å²) < 4.78 is 0. The first-order valence-electron chi connectivity index (χ1n) is 6.83. The third-order valence-electron chi connectivity index (χ3n) is 3.92. The average molecular weight is 296 g/mol. The fourth-order valence-electron chi connectivity index (χ4n) is 2.83. The Morgan fingerprint density at radius 1 is 1.32 bits per heavy atom. The Labute approximate surface area is 122 Å². The van der Waals surface area contributed by atoms with Gasteiger partial charge in [0.2, 0.25) is 5.28 Å². The molecule has 3 nitrogen and oxygen atoms in total. The average Bonchev–Trinajstić information content (AvgIpc) is 2.72. The number of hydrogen-bond donors (Lipinski definition) is 1. The molecule has 0 radical (unpaired) electrons. The van der Waals surface area contributed by atoms with Gasteiger partial charge in [-0.1, -0.05) is 19.8 Å². The van der Waals surface area contributed by atoms with Gasteiger partial charge < -0.3 is 5.32 Å². The topological polar surface area (TPSA) is 37.8 Å². The molecule has 0 bridgehead atoms. The van der Waals surface area contributed by atoms with Gasteiger partial charge in [0.25, 0.3) is 0 Å². The van der Waals surface area contributed by atoms with Crippen LogP contribution in [0.2, 0.25) is 5.28 Å². The van der Waals surface area contributed by atoms with Crippen molar-refractivity contribution in [1.29, 1.82) is 0 Å². The van der Waals surface area contributed by atoms with E-state index in [1.165, 1.54) is 30.6 Å². The molecule has 2 heterocycles. The summed E-state index contributed by atoms with van der Waals surface area (Å²) in [6.45, 7) is 4.41. The molecule has 19 heavy (non-hydrogen) atoms. The molecule has 0 aromatic carbocycles. The standard InChI is InChI=1S/C14H18ClN3S/c1-8-5-3-4-6-11(8)16-12-10-7-9(2)19-13(10)18-14(15)17-12/h7-8,11H,3-6H2,1-2H3,(H,16,17,18). The first-order valence-corrected chi connectivity index (χ1v) is 8.03. The first-order chi connectivity index (χ1) is 9.13. The van der Waals surface area contributed by atoms with Crippen LogP contribution in [0.25, 0.3) is 10.2 Å². The minimum atomic E-state index is 0.334. The van der Waals surface area contributed by atoms with E-state index >= 15 is 0 Å². The van der Waals surface area contributed by atoms with Crippen molar-refractivity contribution in [2.75, 3.05) is 5.32 Å². The van der Waals surface area contributed by atoms with Crippen molar-refractivity contribution < 1.29 is 0 Å². The van der Waals surface area contributed by atoms with Crippen molar-refractivity contribution in [3.8, 4) is 0 Å². The molecule has 0 spiro atoms. The molecule has 5 heteroatoms. The molecule has 0 saturated heterocycles. The summed E-state index contributed by atoms with van der Waals surface area (Å²) in [6.07, 6.45) is 5.15. The Morgan fingerprint density at radius 2 is 2.11 bits per heavy atom. The highest BCUT2D eigenvalue weighted by molar-refractivity contribution is 7.18. The molecule has 1 N–H and O–H groups in total. The van der Waals surface area contributed by atoms with Crippen LogP contribution in [0.4, 0.5) is 5.82 Å². The lowest BCUT2D eigenvalue weighted by atomic mass is 9.86. The van der Waals surface area contributed by atoms with E-state index in [4.69, 9.17) is 11.6 Å². The summed E-state index contributed by atoms with van der Waals surface area (Å²) in [4.78, 5) is 10.9. The molecule has 2 aromatic heterocycles. The maximum Gasteiger partial charge on any atom is 0.225 e. The molecule has 1 aliphatic rings. The first kappa shape index (κ1) is 13.1. The van der Waals surface area contributed by atoms with Gasteiger partial charge in [0.05, 0.1) is 5.39 Å². The summed E-state index contributed by atoms with van der Waals surface area (Å²) >= 11 is 7.70. The van der Waals surface area contributed by atoms with Gasteiger partial charge >= 0.3 is 0 Å². The number of thiophene rings is 1. The zero-order chi connectivity index (χ0) is 13.4. The summed E-state index contributed by atoms with van der Waals surface area (Å²) in [5.41, 5.74) is 0. The minimum Gasteiger partial charge on any atom is -0.366 e. The Bertz CT molecular complexity index is 596. The molecule has 1 aliphatic carbocycles. The Balaban J connectivity index is 1.95. The lowest BCUT2D eigenvalue weighted by molar-refractivity contribution is 0.349. The molecule has 2 unspecified atom stereocenters. The number of hydrogen-bond acceptors (Lipinski definition) is 4. The number of nitrogens with zero attached hydrogens (tertiary/aromatic N) is 2. The summed E-state index contributed by atoms with van der Waals surface area (Å²) in [6, 6.07) is 2.65. The van der Waals surface area contributed by atoms with E-state index in [9.17, 15) is 0 Å². The summed E-state index contributed by atoms with van der Waals surface area (Å²) in [5, 5.41) is 5.03. The second-order valence-corrected chi connectivity index (χ2v) is 7.00. The molecule has 0 aliphatic heterocycles. The van der Waals surface area contributed by atoms with Gasteiger partial charge in [0.15, 0.2) is 0 Å². The van der Waals surface area contributed by atoms with Crippen LogP contribution < -0.4 is 5.32 Å². The Hall–Kier alpha value is -0.870. The smallest absolute Gasteiger partial charge is 0.225 e. The van der Waals surface area contributed by atoms with Crippen LogP contribution in [0.1, 0.15) is 37.5 Å². The van der Waals surface area contributed by atoms with Crippen molar-refractivity contribution in [3.05, 3.63) is 16.2 Å². The maximum absolute atomic E-state index is 6.03. The van der Waals surface area contributed by atoms with E-state index in [0.717, 1.165) is 16.0 Å². The van der Waals surface area contributed by atoms with Gasteiger partial charge in [-0.15, -0.1) is 11.3 Å². The molecule has 2 aromatic rings. The number of anilines is 1. The van der Waals surface area contributed by atoms with Crippen LogP contribution in [0.5, 0.6) is 0 Å². The lowest BCUT2D eigenvalue weighted by Gasteiger charge is -2.30. The maximum atomic E-state index is 6.03. The minimum absolute atomic E-state index is 0.334. The fraction of sp³-hybridized carbons (Fsp3) is 0.571. The van der Waals surface area contributed by atoms with Gasteiger partial charge in [0.1, 0.15) is 10.6 Å². The number of nitrogens with one attached hydrogen (secondary N) is 1. The molecule has 3 rings (SSSR count). The number of fused-ring (bicyclic) bond motifs is 1. The van der Waals surface area contributed by atoms with Crippen molar-refractivity contribution in [2.45, 2.75) is 45.6 Å². The highest BCUT2D eigenvalue weighted by Crippen LogP contribution is 2.32. The van der Waals surface area contributed by atoms with Gasteiger partial charge in [0, 0.05) is 10.9 Å². The number of rotatable bonds is 2. The van der Waals surface area contributed by atoms with E-state index in [0.29, 0.717) is 17.2 Å². The molecular weight excluding hydrogens is 278 g/mol. The van der Waals surface area contributed by atoms with Crippen LogP contribution in [0.15, 0.2) is 6.07 Å². The summed E-state index contributed by atoms with van der Waals surface area (Å²) in [7, 11) is 0. The normalized spacial score (nSPS) is 23.7. The quantitative estimate of drug-likeness (QED) is 0.820. The summed E-state index contributed by atoms with van der Waals surface area (Å²) in [5.74, 6) is 1.59. The molecule has 2 atom stereocenters. The fourth-order valence-corrected chi connectivity index (χ4v) is 3.93. The van der Waals surface area contributed by atoms with Gasteiger partial charge in [-0.25, -0.2) is 9.97 Å². The van der Waals surface area contributed by atoms with E-state index in [2.05, 4.69) is 35.2 Å². The van der Waals surface area contributed by atoms with E-state index < -0.39 is 0 Å². The molecule has 1 saturated carbocycles. The molecule has 102 valence electrons. The molecule has 0 amide bonds. The third kappa shape index (κ3) is 2.70. The molecular formula is C14H18ClN3S. The zero-order valence-electron chi connectivity index (χ0n) is 11.2. The van der Waals surface area contributed by atoms with Crippen molar-refractivity contribution in [3.63, 3.8) is 0 Å². The van der Waals surface area contributed by atoms with Gasteiger partial charge in [-0.05, 0) is 43.4 Å². The third-order valence-corrected chi connectivity index (χ3v) is 5.04. The number of aromatic nitrogens is 2. The zero-order valence-corrected chi connectivity index (χ0v) is 12.8. The lowest BCUT2D eigenvalue weighted by Crippen LogP contribution is -2.30. The second-order valence-electron chi connectivity index (χ2n) is 5.43. The highest BCUT2D eigenvalue weighted by atomic mass is 35.5. The number of halogens is 1. The van der Waals surface area contributed by atoms with E-state index in [1.54, 1.807) is 11.3 Å². The van der Waals surface area contributed by atoms with Gasteiger partial charge in [-0.3, -0.25) is 0 Å². The van der Waals surface area contributed by atoms with E-state index in [1.807, 2.05) is 0 Å². The van der Waals surface area contributed by atoms with Crippen LogP contribution in [0.3, 0.4) is 0 Å². The Kier molecular flexibility index (Phi) is 3.63. The van der Waals surface area contributed by atoms with Gasteiger partial charge in [-0.2, -0.15) is 0 Å². The monoisotopic (exact) mass is 295 g/mol. The Morgan fingerprint density at radius 3 is 2.89 bits per heavy atom. The predicted molar refractivity (Wildman–Crippen MR) is 82.2 cm³/mol. The number of aryl methyl sites for hydroxylation is 1.